The predicted octanol–water partition coefficient (Wildman–Crippen LogP) is 3.69. The summed E-state index contributed by atoms with van der Waals surface area (Å²) in [6.45, 7) is 2.27. The van der Waals surface area contributed by atoms with E-state index in [4.69, 9.17) is 0 Å². The van der Waals surface area contributed by atoms with Crippen LogP contribution >= 0.6 is 0 Å². The average molecular weight is 501 g/mol. The number of aromatic nitrogens is 2. The minimum absolute atomic E-state index is 0.0288. The number of piperidine rings is 1. The van der Waals surface area contributed by atoms with Crippen LogP contribution in [-0.2, 0) is 22.6 Å². The predicted molar refractivity (Wildman–Crippen MR) is 127 cm³/mol. The van der Waals surface area contributed by atoms with E-state index in [0.29, 0.717) is 25.1 Å². The van der Waals surface area contributed by atoms with Gasteiger partial charge in [0.25, 0.3) is 0 Å². The Bertz CT molecular complexity index is 1240. The number of nitrogens with one attached hydrogen (secondary N) is 1. The maximum absolute atomic E-state index is 14.5. The van der Waals surface area contributed by atoms with Gasteiger partial charge in [0, 0.05) is 49.8 Å². The second kappa shape index (κ2) is 10.8. The van der Waals surface area contributed by atoms with Crippen molar-refractivity contribution >= 4 is 17.6 Å². The smallest absolute Gasteiger partial charge is 0.326 e. The highest BCUT2D eigenvalue weighted by Gasteiger charge is 2.30. The van der Waals surface area contributed by atoms with Gasteiger partial charge in [0.1, 0.15) is 6.04 Å². The number of anilines is 1. The van der Waals surface area contributed by atoms with Gasteiger partial charge in [0.05, 0.1) is 17.7 Å². The fourth-order valence-corrected chi connectivity index (χ4v) is 4.42. The van der Waals surface area contributed by atoms with Crippen molar-refractivity contribution in [3.8, 4) is 0 Å². The van der Waals surface area contributed by atoms with E-state index in [1.807, 2.05) is 34.9 Å². The highest BCUT2D eigenvalue weighted by molar-refractivity contribution is 5.85. The van der Waals surface area contributed by atoms with E-state index in [1.165, 1.54) is 6.92 Å². The van der Waals surface area contributed by atoms with Crippen LogP contribution in [0.4, 0.5) is 18.9 Å². The first-order valence-electron chi connectivity index (χ1n) is 11.7. The minimum atomic E-state index is -1.21. The Morgan fingerprint density at radius 2 is 1.83 bits per heavy atom. The van der Waals surface area contributed by atoms with Crippen LogP contribution in [0.25, 0.3) is 0 Å². The first-order chi connectivity index (χ1) is 17.2. The highest BCUT2D eigenvalue weighted by Crippen LogP contribution is 2.30. The van der Waals surface area contributed by atoms with Crippen molar-refractivity contribution < 1.29 is 27.9 Å². The summed E-state index contributed by atoms with van der Waals surface area (Å²) in [6.07, 6.45) is 4.05. The monoisotopic (exact) mass is 500 g/mol. The fraction of sp³-hybridized carbons (Fsp3) is 0.346. The van der Waals surface area contributed by atoms with E-state index < -0.39 is 41.3 Å². The van der Waals surface area contributed by atoms with Crippen LogP contribution in [0.5, 0.6) is 0 Å². The zero-order valence-corrected chi connectivity index (χ0v) is 19.8. The maximum Gasteiger partial charge on any atom is 0.326 e. The van der Waals surface area contributed by atoms with Gasteiger partial charge in [-0.05, 0) is 25.3 Å². The largest absolute Gasteiger partial charge is 0.480 e. The molecule has 10 heteroatoms. The lowest BCUT2D eigenvalue weighted by atomic mass is 9.94. The molecule has 2 heterocycles. The molecule has 190 valence electrons. The molecule has 3 aromatic rings. The Kier molecular flexibility index (Phi) is 7.61. The third-order valence-electron chi connectivity index (χ3n) is 6.49. The fourth-order valence-electron chi connectivity index (χ4n) is 4.42. The molecule has 4 rings (SSSR count). The number of carboxylic acid groups (broad SMARTS) is 1. The summed E-state index contributed by atoms with van der Waals surface area (Å²) in [4.78, 5) is 30.5. The van der Waals surface area contributed by atoms with Crippen LogP contribution in [0.1, 0.15) is 29.7 Å². The number of nitrogens with zero attached hydrogens (tertiary/aromatic N) is 3. The second-order valence-electron chi connectivity index (χ2n) is 9.02. The summed E-state index contributed by atoms with van der Waals surface area (Å²) in [5, 5.41) is 12.2. The first-order valence-corrected chi connectivity index (χ1v) is 11.7. The molecule has 0 saturated carbocycles. The van der Waals surface area contributed by atoms with Crippen LogP contribution in [0.15, 0.2) is 48.9 Å². The lowest BCUT2D eigenvalue weighted by molar-refractivity contribution is -0.142. The van der Waals surface area contributed by atoms with Gasteiger partial charge >= 0.3 is 5.97 Å². The number of benzene rings is 2. The van der Waals surface area contributed by atoms with Gasteiger partial charge < -0.3 is 19.9 Å². The number of hydrogen-bond donors (Lipinski definition) is 2. The molecule has 1 saturated heterocycles. The van der Waals surface area contributed by atoms with Crippen molar-refractivity contribution in [1.29, 1.82) is 0 Å². The number of carbonyl (C=O) groups excluding carboxylic acids is 1. The standard InChI is InChI=1S/C26H27F3N4O3/c1-16-23(28)20(27)12-22(24(16)29)33-9-7-18(8-10-33)25(34)31-21(26(35)36)11-19-14-32(15-30-19)13-17-5-3-2-4-6-17/h2-6,12,14-15,18,21H,7-11,13H2,1H3,(H,31,34)(H,35,36). The lowest BCUT2D eigenvalue weighted by Crippen LogP contribution is -2.47. The van der Waals surface area contributed by atoms with Crippen molar-refractivity contribution in [1.82, 2.24) is 14.9 Å². The molecule has 1 aliphatic heterocycles. The zero-order chi connectivity index (χ0) is 25.8. The molecule has 2 N–H and O–H groups in total. The van der Waals surface area contributed by atoms with Gasteiger partial charge in [-0.3, -0.25) is 4.79 Å². The number of hydrogen-bond acceptors (Lipinski definition) is 4. The highest BCUT2D eigenvalue weighted by atomic mass is 19.2. The molecule has 7 nitrogen and oxygen atoms in total. The molecule has 2 aromatic carbocycles. The average Bonchev–Trinajstić information content (AvgIpc) is 3.31. The Labute approximate surface area is 206 Å². The quantitative estimate of drug-likeness (QED) is 0.461. The molecule has 1 unspecified atom stereocenters. The van der Waals surface area contributed by atoms with Gasteiger partial charge in [-0.2, -0.15) is 0 Å². The number of imidazole rings is 1. The summed E-state index contributed by atoms with van der Waals surface area (Å²) in [5.74, 6) is -5.22. The first kappa shape index (κ1) is 25.3. The molecule has 0 spiro atoms. The van der Waals surface area contributed by atoms with Gasteiger partial charge in [-0.25, -0.2) is 22.9 Å². The summed E-state index contributed by atoms with van der Waals surface area (Å²) in [6, 6.07) is 9.43. The molecule has 1 fully saturated rings. The minimum Gasteiger partial charge on any atom is -0.480 e. The lowest BCUT2D eigenvalue weighted by Gasteiger charge is -2.33. The van der Waals surface area contributed by atoms with E-state index in [0.717, 1.165) is 11.6 Å². The van der Waals surface area contributed by atoms with E-state index in [1.54, 1.807) is 17.4 Å². The Balaban J connectivity index is 1.34. The van der Waals surface area contributed by atoms with Gasteiger partial charge in [0.15, 0.2) is 17.5 Å². The molecule has 0 aliphatic carbocycles. The normalized spacial score (nSPS) is 15.1. The Morgan fingerprint density at radius 1 is 1.14 bits per heavy atom. The van der Waals surface area contributed by atoms with Gasteiger partial charge in [-0.15, -0.1) is 0 Å². The van der Waals surface area contributed by atoms with Crippen LogP contribution in [-0.4, -0.2) is 45.7 Å². The number of rotatable bonds is 8. The van der Waals surface area contributed by atoms with Crippen molar-refractivity contribution in [3.63, 3.8) is 0 Å². The molecule has 1 aliphatic rings. The van der Waals surface area contributed by atoms with Gasteiger partial charge in [-0.1, -0.05) is 30.3 Å². The van der Waals surface area contributed by atoms with Crippen LogP contribution in [0.3, 0.4) is 0 Å². The zero-order valence-electron chi connectivity index (χ0n) is 19.8. The molecular weight excluding hydrogens is 473 g/mol. The van der Waals surface area contributed by atoms with E-state index in [9.17, 15) is 27.9 Å². The summed E-state index contributed by atoms with van der Waals surface area (Å²) < 4.78 is 43.7. The molecule has 1 aromatic heterocycles. The topological polar surface area (TPSA) is 87.5 Å². The van der Waals surface area contributed by atoms with Gasteiger partial charge in [0.2, 0.25) is 5.91 Å². The summed E-state index contributed by atoms with van der Waals surface area (Å²) >= 11 is 0. The van der Waals surface area contributed by atoms with Crippen LogP contribution < -0.4 is 10.2 Å². The number of carboxylic acids is 1. The number of carbonyl (C=O) groups is 2. The Hall–Kier alpha value is -3.82. The van der Waals surface area contributed by atoms with Crippen molar-refractivity contribution in [2.45, 2.75) is 38.8 Å². The SMILES string of the molecule is Cc1c(F)c(F)cc(N2CCC(C(=O)NC(Cc3cn(Cc4ccccc4)cn3)C(=O)O)CC2)c1F. The van der Waals surface area contributed by atoms with Crippen LogP contribution in [0.2, 0.25) is 0 Å². The van der Waals surface area contributed by atoms with E-state index >= 15 is 0 Å². The summed E-state index contributed by atoms with van der Waals surface area (Å²) in [7, 11) is 0. The second-order valence-corrected chi connectivity index (χ2v) is 9.02. The number of amides is 1. The molecule has 1 atom stereocenters. The third kappa shape index (κ3) is 5.69. The van der Waals surface area contributed by atoms with E-state index in [2.05, 4.69) is 10.3 Å². The van der Waals surface area contributed by atoms with Crippen LogP contribution in [0, 0.1) is 30.3 Å². The number of halogens is 3. The maximum atomic E-state index is 14.5. The third-order valence-corrected chi connectivity index (χ3v) is 6.49. The molecule has 0 radical (unpaired) electrons. The van der Waals surface area contributed by atoms with Crippen molar-refractivity contribution in [3.05, 3.63) is 83.2 Å². The molecule has 0 bridgehead atoms. The Morgan fingerprint density at radius 3 is 2.50 bits per heavy atom. The van der Waals surface area contributed by atoms with Crippen molar-refractivity contribution in [2.75, 3.05) is 18.0 Å². The number of aliphatic carboxylic acids is 1. The molecular formula is C26H27F3N4O3. The molecule has 1 amide bonds. The molecule has 36 heavy (non-hydrogen) atoms. The summed E-state index contributed by atoms with van der Waals surface area (Å²) in [5.41, 5.74) is 1.19. The van der Waals surface area contributed by atoms with E-state index in [-0.39, 0.29) is 30.8 Å². The van der Waals surface area contributed by atoms with Crippen molar-refractivity contribution in [2.24, 2.45) is 5.92 Å².